The Morgan fingerprint density at radius 1 is 1.04 bits per heavy atom. The van der Waals surface area contributed by atoms with Crippen LogP contribution < -0.4 is 4.72 Å². The molecule has 0 fully saturated rings. The van der Waals surface area contributed by atoms with Gasteiger partial charge in [0.05, 0.1) is 17.0 Å². The van der Waals surface area contributed by atoms with Gasteiger partial charge < -0.3 is 9.52 Å². The molecule has 0 bridgehead atoms. The average molecular weight is 373 g/mol. The van der Waals surface area contributed by atoms with E-state index < -0.39 is 22.2 Å². The van der Waals surface area contributed by atoms with Crippen molar-refractivity contribution in [2.45, 2.75) is 23.5 Å². The van der Waals surface area contributed by atoms with Crippen molar-refractivity contribution in [1.29, 1.82) is 0 Å². The number of furan rings is 1. The molecule has 1 aliphatic rings. The predicted octanol–water partition coefficient (Wildman–Crippen LogP) is 3.02. The quantitative estimate of drug-likeness (QED) is 0.740. The first kappa shape index (κ1) is 17.0. The average Bonchev–Trinajstić information content (AvgIpc) is 3.08. The van der Waals surface area contributed by atoms with E-state index in [1.807, 2.05) is 0 Å². The molecule has 2 heterocycles. The maximum Gasteiger partial charge on any atom is 0.241 e. The van der Waals surface area contributed by atoms with Crippen LogP contribution in [0.4, 0.5) is 4.39 Å². The Labute approximate surface area is 150 Å². The number of nitrogens with one attached hydrogen (secondary N) is 1. The van der Waals surface area contributed by atoms with E-state index in [2.05, 4.69) is 4.72 Å². The molecule has 2 atom stereocenters. The number of benzene rings is 2. The van der Waals surface area contributed by atoms with E-state index in [-0.39, 0.29) is 17.1 Å². The van der Waals surface area contributed by atoms with Crippen LogP contribution in [-0.4, -0.2) is 19.6 Å². The number of aliphatic hydroxyl groups excluding tert-OH is 1. The molecule has 0 amide bonds. The molecule has 1 aromatic heterocycles. The molecular formula is C19H16FNO4S. The Morgan fingerprint density at radius 2 is 1.77 bits per heavy atom. The Kier molecular flexibility index (Phi) is 4.14. The largest absolute Gasteiger partial charge is 0.461 e. The molecule has 1 aliphatic heterocycles. The molecule has 0 spiro atoms. The van der Waals surface area contributed by atoms with Gasteiger partial charge in [0.1, 0.15) is 17.3 Å². The molecule has 0 aliphatic carbocycles. The number of sulfonamides is 1. The van der Waals surface area contributed by atoms with Crippen molar-refractivity contribution >= 4 is 10.0 Å². The van der Waals surface area contributed by atoms with Crippen molar-refractivity contribution < 1.29 is 22.3 Å². The van der Waals surface area contributed by atoms with Crippen LogP contribution in [0.15, 0.2) is 70.0 Å². The molecule has 26 heavy (non-hydrogen) atoms. The van der Waals surface area contributed by atoms with E-state index in [0.717, 1.165) is 0 Å². The first-order valence-corrected chi connectivity index (χ1v) is 9.56. The van der Waals surface area contributed by atoms with Gasteiger partial charge in [-0.15, -0.1) is 0 Å². The van der Waals surface area contributed by atoms with Crippen molar-refractivity contribution in [2.24, 2.45) is 0 Å². The molecule has 0 unspecified atom stereocenters. The van der Waals surface area contributed by atoms with Crippen LogP contribution in [0.5, 0.6) is 0 Å². The fourth-order valence-corrected chi connectivity index (χ4v) is 4.64. The fourth-order valence-electron chi connectivity index (χ4n) is 3.14. The van der Waals surface area contributed by atoms with Gasteiger partial charge in [-0.2, -0.15) is 0 Å². The first-order valence-electron chi connectivity index (χ1n) is 8.08. The van der Waals surface area contributed by atoms with E-state index in [9.17, 15) is 17.9 Å². The lowest BCUT2D eigenvalue weighted by Crippen LogP contribution is -2.45. The van der Waals surface area contributed by atoms with Crippen LogP contribution in [0.3, 0.4) is 0 Å². The highest BCUT2D eigenvalue weighted by Gasteiger charge is 2.36. The molecule has 0 saturated heterocycles. The zero-order valence-electron chi connectivity index (χ0n) is 13.6. The third kappa shape index (κ3) is 3.05. The van der Waals surface area contributed by atoms with E-state index in [1.165, 1.54) is 18.2 Å². The third-order valence-corrected chi connectivity index (χ3v) is 5.99. The predicted molar refractivity (Wildman–Crippen MR) is 93.3 cm³/mol. The number of aliphatic hydroxyl groups is 1. The molecule has 4 rings (SSSR count). The van der Waals surface area contributed by atoms with Crippen LogP contribution in [0.1, 0.15) is 17.4 Å². The van der Waals surface area contributed by atoms with Gasteiger partial charge in [-0.3, -0.25) is 0 Å². The fraction of sp³-hybridized carbons (Fsp3) is 0.158. The summed E-state index contributed by atoms with van der Waals surface area (Å²) in [6.07, 6.45) is -0.787. The minimum absolute atomic E-state index is 0.0928. The highest BCUT2D eigenvalue weighted by molar-refractivity contribution is 7.89. The highest BCUT2D eigenvalue weighted by Crippen LogP contribution is 2.32. The van der Waals surface area contributed by atoms with Gasteiger partial charge in [-0.05, 0) is 42.5 Å². The van der Waals surface area contributed by atoms with Crippen molar-refractivity contribution in [3.05, 3.63) is 77.8 Å². The number of fused-ring (bicyclic) bond motifs is 1. The lowest BCUT2D eigenvalue weighted by atomic mass is 9.99. The normalized spacial score (nSPS) is 21.3. The van der Waals surface area contributed by atoms with Gasteiger partial charge in [0.25, 0.3) is 0 Å². The SMILES string of the molecule is O=S1(=O)N[C@@H](Cc2ccc(-c3ccc(F)cc3)o2)[C@@H](O)c2ccccc21. The molecule has 2 aromatic carbocycles. The van der Waals surface area contributed by atoms with Crippen LogP contribution in [0.2, 0.25) is 0 Å². The van der Waals surface area contributed by atoms with Crippen LogP contribution in [-0.2, 0) is 16.4 Å². The van der Waals surface area contributed by atoms with Crippen LogP contribution >= 0.6 is 0 Å². The summed E-state index contributed by atoms with van der Waals surface area (Å²) in [6, 6.07) is 15.0. The summed E-state index contributed by atoms with van der Waals surface area (Å²) in [5.41, 5.74) is 1.09. The lowest BCUT2D eigenvalue weighted by molar-refractivity contribution is 0.129. The van der Waals surface area contributed by atoms with Crippen LogP contribution in [0.25, 0.3) is 11.3 Å². The van der Waals surface area contributed by atoms with Gasteiger partial charge in [0.15, 0.2) is 0 Å². The van der Waals surface area contributed by atoms with Gasteiger partial charge in [-0.25, -0.2) is 17.5 Å². The first-order chi connectivity index (χ1) is 12.4. The number of halogens is 1. The Hall–Kier alpha value is -2.48. The smallest absolute Gasteiger partial charge is 0.241 e. The Bertz CT molecular complexity index is 1040. The van der Waals surface area contributed by atoms with Gasteiger partial charge >= 0.3 is 0 Å². The second-order valence-corrected chi connectivity index (χ2v) is 7.87. The maximum absolute atomic E-state index is 13.0. The lowest BCUT2D eigenvalue weighted by Gasteiger charge is -2.30. The van der Waals surface area contributed by atoms with Gasteiger partial charge in [0, 0.05) is 17.5 Å². The molecule has 134 valence electrons. The monoisotopic (exact) mass is 373 g/mol. The summed E-state index contributed by atoms with van der Waals surface area (Å²) in [4.78, 5) is 0.0928. The summed E-state index contributed by atoms with van der Waals surface area (Å²) >= 11 is 0. The molecule has 3 aromatic rings. The maximum atomic E-state index is 13.0. The molecule has 2 N–H and O–H groups in total. The second kappa shape index (κ2) is 6.35. The highest BCUT2D eigenvalue weighted by atomic mass is 32.2. The summed E-state index contributed by atoms with van der Waals surface area (Å²) in [7, 11) is -3.69. The molecular weight excluding hydrogens is 357 g/mol. The van der Waals surface area contributed by atoms with Crippen molar-refractivity contribution in [1.82, 2.24) is 4.72 Å². The standard InChI is InChI=1S/C19H16FNO4S/c20-13-7-5-12(6-8-13)17-10-9-14(25-17)11-16-19(22)15-3-1-2-4-18(15)26(23,24)21-16/h1-10,16,19,21-22H,11H2/t16-,19-/m0/s1. The Morgan fingerprint density at radius 3 is 2.54 bits per heavy atom. The van der Waals surface area contributed by atoms with Crippen molar-refractivity contribution in [3.63, 3.8) is 0 Å². The summed E-state index contributed by atoms with van der Waals surface area (Å²) in [5, 5.41) is 10.6. The zero-order chi connectivity index (χ0) is 18.3. The van der Waals surface area contributed by atoms with E-state index in [0.29, 0.717) is 22.6 Å². The van der Waals surface area contributed by atoms with Gasteiger partial charge in [-0.1, -0.05) is 18.2 Å². The Balaban J connectivity index is 1.60. The minimum Gasteiger partial charge on any atom is -0.461 e. The topological polar surface area (TPSA) is 79.5 Å². The van der Waals surface area contributed by atoms with Crippen molar-refractivity contribution in [3.8, 4) is 11.3 Å². The van der Waals surface area contributed by atoms with Crippen LogP contribution in [0, 0.1) is 5.82 Å². The molecule has 0 saturated carbocycles. The zero-order valence-corrected chi connectivity index (χ0v) is 14.4. The minimum atomic E-state index is -3.69. The molecule has 0 radical (unpaired) electrons. The van der Waals surface area contributed by atoms with E-state index >= 15 is 0 Å². The number of hydrogen-bond acceptors (Lipinski definition) is 4. The van der Waals surface area contributed by atoms with Crippen molar-refractivity contribution in [2.75, 3.05) is 0 Å². The molecule has 7 heteroatoms. The van der Waals surface area contributed by atoms with Gasteiger partial charge in [0.2, 0.25) is 10.0 Å². The number of rotatable bonds is 3. The molecule has 5 nitrogen and oxygen atoms in total. The van der Waals surface area contributed by atoms with E-state index in [4.69, 9.17) is 4.42 Å². The van der Waals surface area contributed by atoms with E-state index in [1.54, 1.807) is 42.5 Å². The summed E-state index contributed by atoms with van der Waals surface area (Å²) < 4.78 is 46.1. The summed E-state index contributed by atoms with van der Waals surface area (Å²) in [5.74, 6) is 0.739. The summed E-state index contributed by atoms with van der Waals surface area (Å²) in [6.45, 7) is 0. The second-order valence-electron chi connectivity index (χ2n) is 6.19. The third-order valence-electron chi connectivity index (χ3n) is 4.43. The number of hydrogen-bond donors (Lipinski definition) is 2.